The van der Waals surface area contributed by atoms with Crippen LogP contribution in [0.5, 0.6) is 0 Å². The molecule has 16 heavy (non-hydrogen) atoms. The van der Waals surface area contributed by atoms with Crippen molar-refractivity contribution in [3.8, 4) is 0 Å². The summed E-state index contributed by atoms with van der Waals surface area (Å²) in [7, 11) is 0. The highest BCUT2D eigenvalue weighted by atomic mass is 19.1. The minimum Gasteiger partial charge on any atom is -0.478 e. The van der Waals surface area contributed by atoms with E-state index in [2.05, 4.69) is 0 Å². The lowest BCUT2D eigenvalue weighted by molar-refractivity contribution is 0.0696. The van der Waals surface area contributed by atoms with Gasteiger partial charge in [0.25, 0.3) is 0 Å². The average Bonchev–Trinajstić information content (AvgIpc) is 2.95. The standard InChI is InChI=1S/C12H12FNO2/c13-8-1-2-10(9(5-8)11(15)16)14-6-12(7-14)3-4-12/h1-2,5H,3-4,6-7H2,(H,15,16). The third kappa shape index (κ3) is 1.37. The molecule has 1 saturated carbocycles. The monoisotopic (exact) mass is 221 g/mol. The average molecular weight is 221 g/mol. The first-order valence-electron chi connectivity index (χ1n) is 5.38. The number of nitrogens with zero attached hydrogens (tertiary/aromatic N) is 1. The predicted octanol–water partition coefficient (Wildman–Crippen LogP) is 2.12. The Balaban J connectivity index is 1.91. The Bertz CT molecular complexity index is 460. The summed E-state index contributed by atoms with van der Waals surface area (Å²) in [6.07, 6.45) is 2.49. The number of aromatic carboxylic acids is 1. The first-order chi connectivity index (χ1) is 7.60. The molecule has 1 aromatic carbocycles. The molecule has 1 N–H and O–H groups in total. The summed E-state index contributed by atoms with van der Waals surface area (Å²) in [5, 5.41) is 9.01. The maximum Gasteiger partial charge on any atom is 0.337 e. The second-order valence-electron chi connectivity index (χ2n) is 4.82. The van der Waals surface area contributed by atoms with Gasteiger partial charge in [-0.2, -0.15) is 0 Å². The Morgan fingerprint density at radius 1 is 1.38 bits per heavy atom. The minimum absolute atomic E-state index is 0.0653. The van der Waals surface area contributed by atoms with Crippen molar-refractivity contribution < 1.29 is 14.3 Å². The van der Waals surface area contributed by atoms with Crippen LogP contribution in [0.2, 0.25) is 0 Å². The van der Waals surface area contributed by atoms with Crippen LogP contribution in [0.4, 0.5) is 10.1 Å². The summed E-state index contributed by atoms with van der Waals surface area (Å²) in [4.78, 5) is 13.0. The maximum absolute atomic E-state index is 13.0. The van der Waals surface area contributed by atoms with Crippen LogP contribution in [0.1, 0.15) is 23.2 Å². The lowest BCUT2D eigenvalue weighted by Gasteiger charge is -2.42. The van der Waals surface area contributed by atoms with Crippen LogP contribution < -0.4 is 4.90 Å². The number of carboxylic acids is 1. The molecule has 0 amide bonds. The van der Waals surface area contributed by atoms with Gasteiger partial charge >= 0.3 is 5.97 Å². The van der Waals surface area contributed by atoms with Gasteiger partial charge in [0.2, 0.25) is 0 Å². The summed E-state index contributed by atoms with van der Waals surface area (Å²) in [6.45, 7) is 1.83. The van der Waals surface area contributed by atoms with Crippen molar-refractivity contribution in [1.29, 1.82) is 0 Å². The van der Waals surface area contributed by atoms with E-state index in [0.29, 0.717) is 11.1 Å². The molecule has 1 spiro atoms. The smallest absolute Gasteiger partial charge is 0.337 e. The van der Waals surface area contributed by atoms with Crippen molar-refractivity contribution >= 4 is 11.7 Å². The summed E-state index contributed by atoms with van der Waals surface area (Å²) < 4.78 is 13.0. The fraction of sp³-hybridized carbons (Fsp3) is 0.417. The lowest BCUT2D eigenvalue weighted by Crippen LogP contribution is -2.49. The van der Waals surface area contributed by atoms with Crippen LogP contribution in [-0.4, -0.2) is 24.2 Å². The van der Waals surface area contributed by atoms with Gasteiger partial charge in [-0.1, -0.05) is 0 Å². The third-order valence-electron chi connectivity index (χ3n) is 3.54. The lowest BCUT2D eigenvalue weighted by atomic mass is 9.95. The normalized spacial score (nSPS) is 20.7. The van der Waals surface area contributed by atoms with Crippen LogP contribution in [0.25, 0.3) is 0 Å². The highest BCUT2D eigenvalue weighted by Crippen LogP contribution is 2.54. The molecule has 3 nitrogen and oxygen atoms in total. The van der Waals surface area contributed by atoms with E-state index in [0.717, 1.165) is 19.2 Å². The topological polar surface area (TPSA) is 40.5 Å². The van der Waals surface area contributed by atoms with Crippen molar-refractivity contribution in [2.45, 2.75) is 12.8 Å². The molecule has 0 aromatic heterocycles. The largest absolute Gasteiger partial charge is 0.478 e. The zero-order valence-electron chi connectivity index (χ0n) is 8.74. The van der Waals surface area contributed by atoms with Gasteiger partial charge in [0.1, 0.15) is 5.82 Å². The van der Waals surface area contributed by atoms with Crippen molar-refractivity contribution in [1.82, 2.24) is 0 Å². The zero-order valence-corrected chi connectivity index (χ0v) is 8.74. The maximum atomic E-state index is 13.0. The molecule has 1 aromatic rings. The second kappa shape index (κ2) is 2.97. The second-order valence-corrected chi connectivity index (χ2v) is 4.82. The van der Waals surface area contributed by atoms with Gasteiger partial charge in [0.15, 0.2) is 0 Å². The van der Waals surface area contributed by atoms with E-state index in [-0.39, 0.29) is 5.56 Å². The SMILES string of the molecule is O=C(O)c1cc(F)ccc1N1CC2(CC2)C1. The predicted molar refractivity (Wildman–Crippen MR) is 57.2 cm³/mol. The molecule has 0 unspecified atom stereocenters. The summed E-state index contributed by atoms with van der Waals surface area (Å²) >= 11 is 0. The van der Waals surface area contributed by atoms with Crippen LogP contribution >= 0.6 is 0 Å². The minimum atomic E-state index is -1.06. The van der Waals surface area contributed by atoms with Crippen LogP contribution in [0, 0.1) is 11.2 Å². The zero-order chi connectivity index (χ0) is 11.3. The molecule has 0 atom stereocenters. The number of hydrogen-bond acceptors (Lipinski definition) is 2. The Morgan fingerprint density at radius 3 is 2.62 bits per heavy atom. The number of anilines is 1. The number of benzene rings is 1. The molecule has 3 rings (SSSR count). The van der Waals surface area contributed by atoms with Crippen LogP contribution in [-0.2, 0) is 0 Å². The molecule has 4 heteroatoms. The molecule has 2 aliphatic rings. The van der Waals surface area contributed by atoms with Crippen molar-refractivity contribution in [2.75, 3.05) is 18.0 Å². The summed E-state index contributed by atoms with van der Waals surface area (Å²) in [5.74, 6) is -1.56. The number of carboxylic acid groups (broad SMARTS) is 1. The van der Waals surface area contributed by atoms with E-state index in [4.69, 9.17) is 5.11 Å². The molecule has 84 valence electrons. The van der Waals surface area contributed by atoms with Crippen molar-refractivity contribution in [2.24, 2.45) is 5.41 Å². The molecular weight excluding hydrogens is 209 g/mol. The number of halogens is 1. The van der Waals surface area contributed by atoms with Crippen LogP contribution in [0.15, 0.2) is 18.2 Å². The Kier molecular flexibility index (Phi) is 1.79. The van der Waals surface area contributed by atoms with Gasteiger partial charge in [-0.25, -0.2) is 9.18 Å². The molecule has 2 fully saturated rings. The molecule has 1 heterocycles. The highest BCUT2D eigenvalue weighted by Gasteiger charge is 2.52. The first-order valence-corrected chi connectivity index (χ1v) is 5.38. The number of rotatable bonds is 2. The van der Waals surface area contributed by atoms with E-state index < -0.39 is 11.8 Å². The molecule has 1 saturated heterocycles. The van der Waals surface area contributed by atoms with E-state index in [9.17, 15) is 9.18 Å². The van der Waals surface area contributed by atoms with Gasteiger partial charge < -0.3 is 10.0 Å². The quantitative estimate of drug-likeness (QED) is 0.831. The Hall–Kier alpha value is -1.58. The molecule has 0 radical (unpaired) electrons. The fourth-order valence-electron chi connectivity index (χ4n) is 2.38. The highest BCUT2D eigenvalue weighted by molar-refractivity contribution is 5.94. The van der Waals surface area contributed by atoms with E-state index >= 15 is 0 Å². The van der Waals surface area contributed by atoms with Gasteiger partial charge in [-0.15, -0.1) is 0 Å². The Labute approximate surface area is 92.5 Å². The van der Waals surface area contributed by atoms with E-state index in [1.165, 1.54) is 18.9 Å². The third-order valence-corrected chi connectivity index (χ3v) is 3.54. The van der Waals surface area contributed by atoms with Gasteiger partial charge in [-0.3, -0.25) is 0 Å². The number of carbonyl (C=O) groups is 1. The Morgan fingerprint density at radius 2 is 2.06 bits per heavy atom. The first kappa shape index (κ1) is 9.63. The van der Waals surface area contributed by atoms with Gasteiger partial charge in [-0.05, 0) is 31.0 Å². The van der Waals surface area contributed by atoms with Crippen molar-refractivity contribution in [3.63, 3.8) is 0 Å². The molecule has 1 aliphatic heterocycles. The number of hydrogen-bond donors (Lipinski definition) is 1. The fourth-order valence-corrected chi connectivity index (χ4v) is 2.38. The van der Waals surface area contributed by atoms with E-state index in [1.54, 1.807) is 6.07 Å². The van der Waals surface area contributed by atoms with Crippen molar-refractivity contribution in [3.05, 3.63) is 29.6 Å². The summed E-state index contributed by atoms with van der Waals surface area (Å²) in [5.41, 5.74) is 1.17. The summed E-state index contributed by atoms with van der Waals surface area (Å²) in [6, 6.07) is 3.98. The van der Waals surface area contributed by atoms with Gasteiger partial charge in [0.05, 0.1) is 11.3 Å². The van der Waals surface area contributed by atoms with Crippen LogP contribution in [0.3, 0.4) is 0 Å². The molecular formula is C12H12FNO2. The molecule has 0 bridgehead atoms. The van der Waals surface area contributed by atoms with Gasteiger partial charge in [0, 0.05) is 18.5 Å². The molecule has 1 aliphatic carbocycles. The van der Waals surface area contributed by atoms with E-state index in [1.807, 2.05) is 4.90 Å².